The van der Waals surface area contributed by atoms with Gasteiger partial charge < -0.3 is 9.42 Å². The molecule has 0 N–H and O–H groups in total. The molecule has 1 saturated heterocycles. The van der Waals surface area contributed by atoms with E-state index in [0.717, 1.165) is 31.8 Å². The SMILES string of the molecule is O=C(CCc1nc(C2CC2)no1)N1CCCC1. The summed E-state index contributed by atoms with van der Waals surface area (Å²) in [6, 6.07) is 0. The molecule has 2 fully saturated rings. The summed E-state index contributed by atoms with van der Waals surface area (Å²) >= 11 is 0. The Balaban J connectivity index is 1.50. The Labute approximate surface area is 100 Å². The van der Waals surface area contributed by atoms with Gasteiger partial charge in [0.25, 0.3) is 0 Å². The molecule has 0 unspecified atom stereocenters. The summed E-state index contributed by atoms with van der Waals surface area (Å²) in [5.41, 5.74) is 0. The standard InChI is InChI=1S/C12H17N3O2/c16-11(15-7-1-2-8-15)6-5-10-13-12(14-17-10)9-3-4-9/h9H,1-8H2. The minimum absolute atomic E-state index is 0.216. The van der Waals surface area contributed by atoms with Crippen molar-refractivity contribution in [2.24, 2.45) is 0 Å². The van der Waals surface area contributed by atoms with E-state index in [0.29, 0.717) is 24.7 Å². The van der Waals surface area contributed by atoms with Gasteiger partial charge in [-0.3, -0.25) is 4.79 Å². The zero-order chi connectivity index (χ0) is 11.7. The van der Waals surface area contributed by atoms with E-state index in [4.69, 9.17) is 4.52 Å². The second-order valence-electron chi connectivity index (χ2n) is 4.91. The van der Waals surface area contributed by atoms with E-state index in [2.05, 4.69) is 10.1 Å². The van der Waals surface area contributed by atoms with Gasteiger partial charge in [0.15, 0.2) is 5.82 Å². The van der Waals surface area contributed by atoms with Crippen LogP contribution in [0.5, 0.6) is 0 Å². The third-order valence-electron chi connectivity index (χ3n) is 3.44. The summed E-state index contributed by atoms with van der Waals surface area (Å²) in [5, 5.41) is 3.94. The molecule has 1 aromatic rings. The number of hydrogen-bond donors (Lipinski definition) is 0. The highest BCUT2D eigenvalue weighted by Gasteiger charge is 2.28. The van der Waals surface area contributed by atoms with Gasteiger partial charge in [0.1, 0.15) is 0 Å². The molecule has 1 saturated carbocycles. The summed E-state index contributed by atoms with van der Waals surface area (Å²) < 4.78 is 5.15. The highest BCUT2D eigenvalue weighted by molar-refractivity contribution is 5.76. The Morgan fingerprint density at radius 2 is 2.12 bits per heavy atom. The first-order chi connectivity index (χ1) is 8.33. The van der Waals surface area contributed by atoms with E-state index in [-0.39, 0.29) is 5.91 Å². The maximum Gasteiger partial charge on any atom is 0.227 e. The third kappa shape index (κ3) is 2.48. The number of amides is 1. The number of rotatable bonds is 4. The molecule has 1 aliphatic carbocycles. The van der Waals surface area contributed by atoms with E-state index in [1.807, 2.05) is 4.90 Å². The lowest BCUT2D eigenvalue weighted by Gasteiger charge is -2.13. The van der Waals surface area contributed by atoms with Crippen LogP contribution < -0.4 is 0 Å². The predicted octanol–water partition coefficient (Wildman–Crippen LogP) is 1.50. The van der Waals surface area contributed by atoms with Crippen LogP contribution >= 0.6 is 0 Å². The maximum absolute atomic E-state index is 11.8. The van der Waals surface area contributed by atoms with Crippen LogP contribution in [-0.4, -0.2) is 34.0 Å². The molecule has 5 nitrogen and oxygen atoms in total. The van der Waals surface area contributed by atoms with Crippen molar-refractivity contribution in [3.8, 4) is 0 Å². The van der Waals surface area contributed by atoms with Gasteiger partial charge in [0.2, 0.25) is 11.8 Å². The van der Waals surface area contributed by atoms with Crippen molar-refractivity contribution >= 4 is 5.91 Å². The number of carbonyl (C=O) groups is 1. The molecule has 0 spiro atoms. The first-order valence-corrected chi connectivity index (χ1v) is 6.43. The smallest absolute Gasteiger partial charge is 0.227 e. The fraction of sp³-hybridized carbons (Fsp3) is 0.750. The second-order valence-corrected chi connectivity index (χ2v) is 4.91. The summed E-state index contributed by atoms with van der Waals surface area (Å²) in [7, 11) is 0. The summed E-state index contributed by atoms with van der Waals surface area (Å²) in [6.07, 6.45) is 5.69. The third-order valence-corrected chi connectivity index (χ3v) is 3.44. The molecule has 1 aromatic heterocycles. The minimum atomic E-state index is 0.216. The number of aryl methyl sites for hydroxylation is 1. The number of carbonyl (C=O) groups excluding carboxylic acids is 1. The van der Waals surface area contributed by atoms with Gasteiger partial charge in [0, 0.05) is 31.8 Å². The molecule has 2 aliphatic rings. The minimum Gasteiger partial charge on any atom is -0.343 e. The van der Waals surface area contributed by atoms with Crippen molar-refractivity contribution in [2.45, 2.75) is 44.4 Å². The van der Waals surface area contributed by atoms with Crippen LogP contribution in [0.15, 0.2) is 4.52 Å². The number of aromatic nitrogens is 2. The molecule has 1 amide bonds. The van der Waals surface area contributed by atoms with Gasteiger partial charge in [-0.15, -0.1) is 0 Å². The van der Waals surface area contributed by atoms with Gasteiger partial charge >= 0.3 is 0 Å². The fourth-order valence-electron chi connectivity index (χ4n) is 2.22. The lowest BCUT2D eigenvalue weighted by Crippen LogP contribution is -2.27. The van der Waals surface area contributed by atoms with Crippen LogP contribution in [0.4, 0.5) is 0 Å². The first-order valence-electron chi connectivity index (χ1n) is 6.43. The van der Waals surface area contributed by atoms with E-state index in [9.17, 15) is 4.79 Å². The van der Waals surface area contributed by atoms with Crippen molar-refractivity contribution in [2.75, 3.05) is 13.1 Å². The molecule has 0 atom stereocenters. The van der Waals surface area contributed by atoms with Crippen LogP contribution in [0.2, 0.25) is 0 Å². The normalized spacial score (nSPS) is 19.9. The lowest BCUT2D eigenvalue weighted by atomic mass is 10.3. The van der Waals surface area contributed by atoms with Gasteiger partial charge in [-0.05, 0) is 25.7 Å². The highest BCUT2D eigenvalue weighted by atomic mass is 16.5. The van der Waals surface area contributed by atoms with Crippen molar-refractivity contribution < 1.29 is 9.32 Å². The zero-order valence-corrected chi connectivity index (χ0v) is 9.89. The zero-order valence-electron chi connectivity index (χ0n) is 9.89. The largest absolute Gasteiger partial charge is 0.343 e. The Hall–Kier alpha value is -1.39. The average Bonchev–Trinajstić information content (AvgIpc) is 2.88. The quantitative estimate of drug-likeness (QED) is 0.793. The number of hydrogen-bond acceptors (Lipinski definition) is 4. The van der Waals surface area contributed by atoms with Crippen molar-refractivity contribution in [3.63, 3.8) is 0 Å². The monoisotopic (exact) mass is 235 g/mol. The Morgan fingerprint density at radius 3 is 2.82 bits per heavy atom. The second kappa shape index (κ2) is 4.47. The topological polar surface area (TPSA) is 59.2 Å². The van der Waals surface area contributed by atoms with Gasteiger partial charge in [-0.25, -0.2) is 0 Å². The van der Waals surface area contributed by atoms with Crippen LogP contribution in [0.3, 0.4) is 0 Å². The maximum atomic E-state index is 11.8. The van der Waals surface area contributed by atoms with Crippen LogP contribution in [-0.2, 0) is 11.2 Å². The van der Waals surface area contributed by atoms with Crippen LogP contribution in [0.1, 0.15) is 49.7 Å². The van der Waals surface area contributed by atoms with Crippen LogP contribution in [0, 0.1) is 0 Å². The molecular weight excluding hydrogens is 218 g/mol. The van der Waals surface area contributed by atoms with Crippen LogP contribution in [0.25, 0.3) is 0 Å². The molecule has 3 rings (SSSR count). The molecule has 0 radical (unpaired) electrons. The molecule has 0 aromatic carbocycles. The molecule has 0 bridgehead atoms. The summed E-state index contributed by atoms with van der Waals surface area (Å²) in [6.45, 7) is 1.83. The molecule has 92 valence electrons. The average molecular weight is 235 g/mol. The van der Waals surface area contributed by atoms with Crippen molar-refractivity contribution in [1.82, 2.24) is 15.0 Å². The van der Waals surface area contributed by atoms with E-state index < -0.39 is 0 Å². The Bertz CT molecular complexity index is 406. The van der Waals surface area contributed by atoms with Gasteiger partial charge in [0.05, 0.1) is 0 Å². The fourth-order valence-corrected chi connectivity index (χ4v) is 2.22. The number of nitrogens with zero attached hydrogens (tertiary/aromatic N) is 3. The van der Waals surface area contributed by atoms with Gasteiger partial charge in [-0.2, -0.15) is 4.98 Å². The summed E-state index contributed by atoms with van der Waals surface area (Å²) in [4.78, 5) is 18.1. The van der Waals surface area contributed by atoms with Gasteiger partial charge in [-0.1, -0.05) is 5.16 Å². The predicted molar refractivity (Wildman–Crippen MR) is 60.4 cm³/mol. The van der Waals surface area contributed by atoms with E-state index in [1.54, 1.807) is 0 Å². The molecule has 2 heterocycles. The Morgan fingerprint density at radius 1 is 1.35 bits per heavy atom. The highest BCUT2D eigenvalue weighted by Crippen LogP contribution is 2.38. The lowest BCUT2D eigenvalue weighted by molar-refractivity contribution is -0.130. The van der Waals surface area contributed by atoms with Crippen molar-refractivity contribution in [3.05, 3.63) is 11.7 Å². The molecular formula is C12H17N3O2. The molecule has 17 heavy (non-hydrogen) atoms. The molecule has 5 heteroatoms. The first kappa shape index (κ1) is 10.7. The Kier molecular flexibility index (Phi) is 2.82. The summed E-state index contributed by atoms with van der Waals surface area (Å²) in [5.74, 6) is 2.17. The number of likely N-dealkylation sites (tertiary alicyclic amines) is 1. The van der Waals surface area contributed by atoms with Crippen molar-refractivity contribution in [1.29, 1.82) is 0 Å². The molecule has 1 aliphatic heterocycles. The van der Waals surface area contributed by atoms with E-state index in [1.165, 1.54) is 12.8 Å². The van der Waals surface area contributed by atoms with E-state index >= 15 is 0 Å².